The quantitative estimate of drug-likeness (QED) is 0.482. The topological polar surface area (TPSA) is 55.2 Å². The molecule has 0 fully saturated rings. The molecule has 0 bridgehead atoms. The van der Waals surface area contributed by atoms with Crippen LogP contribution in [0.4, 0.5) is 10.1 Å². The number of nitrogens with zero attached hydrogens (tertiary/aromatic N) is 1. The smallest absolute Gasteiger partial charge is 0.304 e. The second kappa shape index (κ2) is 7.50. The van der Waals surface area contributed by atoms with Crippen LogP contribution in [-0.2, 0) is 13.0 Å². The zero-order valence-corrected chi connectivity index (χ0v) is 11.6. The molecule has 0 heterocycles. The van der Waals surface area contributed by atoms with E-state index in [1.165, 1.54) is 17.7 Å². The molecule has 2 aromatic carbocycles. The molecule has 110 valence electrons. The summed E-state index contributed by atoms with van der Waals surface area (Å²) in [5.41, 5.74) is 1.52. The van der Waals surface area contributed by atoms with Crippen LogP contribution in [-0.4, -0.2) is 11.5 Å². The zero-order chi connectivity index (χ0) is 15.1. The van der Waals surface area contributed by atoms with Crippen molar-refractivity contribution in [1.29, 1.82) is 0 Å². The third-order valence-corrected chi connectivity index (χ3v) is 3.20. The monoisotopic (exact) mass is 288 g/mol. The van der Waals surface area contributed by atoms with Crippen molar-refractivity contribution in [2.24, 2.45) is 0 Å². The Morgan fingerprint density at radius 3 is 2.52 bits per heavy atom. The molecule has 0 aliphatic carbocycles. The first-order valence-electron chi connectivity index (χ1n) is 6.84. The molecular weight excluding hydrogens is 271 g/mol. The molecule has 2 rings (SSSR count). The van der Waals surface area contributed by atoms with Gasteiger partial charge in [-0.25, -0.2) is 0 Å². The van der Waals surface area contributed by atoms with Gasteiger partial charge in [-0.15, -0.1) is 0 Å². The first-order chi connectivity index (χ1) is 10.2. The molecule has 0 saturated carbocycles. The van der Waals surface area contributed by atoms with Crippen molar-refractivity contribution in [2.45, 2.75) is 19.4 Å². The number of benzene rings is 2. The molecule has 0 unspecified atom stereocenters. The molecule has 0 amide bonds. The van der Waals surface area contributed by atoms with Gasteiger partial charge in [-0.1, -0.05) is 36.4 Å². The lowest BCUT2D eigenvalue weighted by Gasteiger charge is -2.05. The SMILES string of the molecule is O=[N+]([O-])c1ccc(CNCCCc2ccccc2)cc1F. The predicted octanol–water partition coefficient (Wildman–Crippen LogP) is 3.46. The highest BCUT2D eigenvalue weighted by atomic mass is 19.1. The van der Waals surface area contributed by atoms with E-state index in [4.69, 9.17) is 0 Å². The summed E-state index contributed by atoms with van der Waals surface area (Å²) >= 11 is 0. The van der Waals surface area contributed by atoms with Crippen molar-refractivity contribution < 1.29 is 9.31 Å². The molecule has 0 aliphatic heterocycles. The van der Waals surface area contributed by atoms with Crippen molar-refractivity contribution in [3.8, 4) is 0 Å². The number of rotatable bonds is 7. The Labute approximate surface area is 122 Å². The Balaban J connectivity index is 1.74. The summed E-state index contributed by atoms with van der Waals surface area (Å²) in [4.78, 5) is 9.80. The van der Waals surface area contributed by atoms with Crippen LogP contribution in [0.15, 0.2) is 48.5 Å². The molecule has 0 aliphatic rings. The van der Waals surface area contributed by atoms with Gasteiger partial charge in [-0.05, 0) is 36.6 Å². The van der Waals surface area contributed by atoms with E-state index in [2.05, 4.69) is 17.4 Å². The molecule has 0 atom stereocenters. The fourth-order valence-corrected chi connectivity index (χ4v) is 2.10. The molecule has 2 aromatic rings. The van der Waals surface area contributed by atoms with E-state index >= 15 is 0 Å². The molecule has 4 nitrogen and oxygen atoms in total. The Morgan fingerprint density at radius 1 is 1.10 bits per heavy atom. The zero-order valence-electron chi connectivity index (χ0n) is 11.6. The van der Waals surface area contributed by atoms with Gasteiger partial charge >= 0.3 is 5.69 Å². The average Bonchev–Trinajstić information content (AvgIpc) is 2.47. The first-order valence-corrected chi connectivity index (χ1v) is 6.84. The summed E-state index contributed by atoms with van der Waals surface area (Å²) in [5.74, 6) is -0.788. The molecule has 0 spiro atoms. The maximum atomic E-state index is 13.4. The van der Waals surface area contributed by atoms with Crippen molar-refractivity contribution in [3.63, 3.8) is 0 Å². The Bertz CT molecular complexity index is 602. The number of halogens is 1. The highest BCUT2D eigenvalue weighted by Crippen LogP contribution is 2.17. The van der Waals surface area contributed by atoms with Gasteiger partial charge in [0, 0.05) is 12.6 Å². The van der Waals surface area contributed by atoms with Crippen LogP contribution in [0.2, 0.25) is 0 Å². The molecular formula is C16H17FN2O2. The van der Waals surface area contributed by atoms with E-state index in [-0.39, 0.29) is 0 Å². The predicted molar refractivity (Wildman–Crippen MR) is 79.5 cm³/mol. The fraction of sp³-hybridized carbons (Fsp3) is 0.250. The van der Waals surface area contributed by atoms with Crippen molar-refractivity contribution in [2.75, 3.05) is 6.54 Å². The Kier molecular flexibility index (Phi) is 5.40. The third kappa shape index (κ3) is 4.65. The number of nitro groups is 1. The highest BCUT2D eigenvalue weighted by molar-refractivity contribution is 5.34. The fourth-order valence-electron chi connectivity index (χ4n) is 2.10. The summed E-state index contributed by atoms with van der Waals surface area (Å²) in [5, 5.41) is 13.7. The van der Waals surface area contributed by atoms with Gasteiger partial charge in [-0.2, -0.15) is 4.39 Å². The van der Waals surface area contributed by atoms with Crippen molar-refractivity contribution >= 4 is 5.69 Å². The van der Waals surface area contributed by atoms with Crippen molar-refractivity contribution in [3.05, 3.63) is 75.6 Å². The highest BCUT2D eigenvalue weighted by Gasteiger charge is 2.13. The summed E-state index contributed by atoms with van der Waals surface area (Å²) < 4.78 is 13.4. The minimum absolute atomic E-state index is 0.483. The van der Waals surface area contributed by atoms with Crippen LogP contribution in [0, 0.1) is 15.9 Å². The van der Waals surface area contributed by atoms with Gasteiger partial charge in [-0.3, -0.25) is 10.1 Å². The van der Waals surface area contributed by atoms with Gasteiger partial charge in [0.25, 0.3) is 0 Å². The van der Waals surface area contributed by atoms with Gasteiger partial charge in [0.2, 0.25) is 5.82 Å². The first kappa shape index (κ1) is 15.1. The van der Waals surface area contributed by atoms with Crippen LogP contribution in [0.5, 0.6) is 0 Å². The lowest BCUT2D eigenvalue weighted by molar-refractivity contribution is -0.387. The molecule has 0 saturated heterocycles. The molecule has 1 N–H and O–H groups in total. The lowest BCUT2D eigenvalue weighted by atomic mass is 10.1. The minimum Gasteiger partial charge on any atom is -0.313 e. The summed E-state index contributed by atoms with van der Waals surface area (Å²) in [7, 11) is 0. The van der Waals surface area contributed by atoms with Gasteiger partial charge < -0.3 is 5.32 Å². The second-order valence-corrected chi connectivity index (χ2v) is 4.81. The summed E-state index contributed by atoms with van der Waals surface area (Å²) in [6.45, 7) is 1.32. The summed E-state index contributed by atoms with van der Waals surface area (Å²) in [6, 6.07) is 14.2. The van der Waals surface area contributed by atoms with E-state index in [0.717, 1.165) is 19.4 Å². The van der Waals surface area contributed by atoms with Crippen LogP contribution in [0.3, 0.4) is 0 Å². The van der Waals surface area contributed by atoms with Gasteiger partial charge in [0.05, 0.1) is 4.92 Å². The van der Waals surface area contributed by atoms with E-state index in [1.54, 1.807) is 6.07 Å². The Hall–Kier alpha value is -2.27. The number of nitro benzene ring substituents is 1. The molecule has 21 heavy (non-hydrogen) atoms. The normalized spacial score (nSPS) is 10.5. The van der Waals surface area contributed by atoms with Crippen LogP contribution in [0.1, 0.15) is 17.5 Å². The van der Waals surface area contributed by atoms with Crippen LogP contribution < -0.4 is 5.32 Å². The number of hydrogen-bond donors (Lipinski definition) is 1. The van der Waals surface area contributed by atoms with Gasteiger partial charge in [0.15, 0.2) is 0 Å². The molecule has 5 heteroatoms. The molecule has 0 aromatic heterocycles. The minimum atomic E-state index is -0.788. The number of nitrogens with one attached hydrogen (secondary N) is 1. The number of hydrogen-bond acceptors (Lipinski definition) is 3. The summed E-state index contributed by atoms with van der Waals surface area (Å²) in [6.07, 6.45) is 1.97. The number of aryl methyl sites for hydroxylation is 1. The third-order valence-electron chi connectivity index (χ3n) is 3.20. The van der Waals surface area contributed by atoms with Gasteiger partial charge in [0.1, 0.15) is 0 Å². The van der Waals surface area contributed by atoms with E-state index in [1.807, 2.05) is 18.2 Å². The van der Waals surface area contributed by atoms with Crippen LogP contribution in [0.25, 0.3) is 0 Å². The van der Waals surface area contributed by atoms with E-state index in [9.17, 15) is 14.5 Å². The second-order valence-electron chi connectivity index (χ2n) is 4.81. The average molecular weight is 288 g/mol. The largest absolute Gasteiger partial charge is 0.313 e. The van der Waals surface area contributed by atoms with Crippen LogP contribution >= 0.6 is 0 Å². The van der Waals surface area contributed by atoms with E-state index < -0.39 is 16.4 Å². The standard InChI is InChI=1S/C16H17FN2O2/c17-15-11-14(8-9-16(15)19(20)21)12-18-10-4-7-13-5-2-1-3-6-13/h1-3,5-6,8-9,11,18H,4,7,10,12H2. The lowest BCUT2D eigenvalue weighted by Crippen LogP contribution is -2.15. The molecule has 0 radical (unpaired) electrons. The maximum absolute atomic E-state index is 13.4. The maximum Gasteiger partial charge on any atom is 0.304 e. The van der Waals surface area contributed by atoms with E-state index in [0.29, 0.717) is 12.1 Å². The Morgan fingerprint density at radius 2 is 1.86 bits per heavy atom. The van der Waals surface area contributed by atoms with Crippen molar-refractivity contribution in [1.82, 2.24) is 5.32 Å².